The van der Waals surface area contributed by atoms with Gasteiger partial charge in [-0.05, 0) is 57.6 Å². The molecule has 0 saturated carbocycles. The Labute approximate surface area is 174 Å². The second-order valence-corrected chi connectivity index (χ2v) is 8.83. The van der Waals surface area contributed by atoms with E-state index in [0.29, 0.717) is 0 Å². The molecule has 1 fully saturated rings. The molecule has 0 aromatic heterocycles. The first-order valence-electron chi connectivity index (χ1n) is 10.3. The van der Waals surface area contributed by atoms with Crippen LogP contribution < -0.4 is 0 Å². The van der Waals surface area contributed by atoms with Crippen LogP contribution in [0.3, 0.4) is 0 Å². The molecular formula is C23H32BNO4. The Morgan fingerprint density at radius 2 is 1.79 bits per heavy atom. The van der Waals surface area contributed by atoms with E-state index in [2.05, 4.69) is 58.0 Å². The topological polar surface area (TPSA) is 48.0 Å². The average Bonchev–Trinajstić information content (AvgIpc) is 2.91. The van der Waals surface area contributed by atoms with E-state index >= 15 is 0 Å². The number of rotatable bonds is 5. The molecule has 1 saturated heterocycles. The Morgan fingerprint density at radius 3 is 2.38 bits per heavy atom. The molecule has 0 spiro atoms. The molecule has 1 heterocycles. The van der Waals surface area contributed by atoms with Gasteiger partial charge in [-0.2, -0.15) is 0 Å². The number of nitrogens with zero attached hydrogens (tertiary/aromatic N) is 1. The summed E-state index contributed by atoms with van der Waals surface area (Å²) in [5.41, 5.74) is 1.46. The quantitative estimate of drug-likeness (QED) is 0.422. The van der Waals surface area contributed by atoms with Crippen molar-refractivity contribution in [2.45, 2.75) is 51.7 Å². The lowest BCUT2D eigenvalue weighted by Gasteiger charge is -2.32. The van der Waals surface area contributed by atoms with Crippen LogP contribution in [-0.4, -0.2) is 43.4 Å². The van der Waals surface area contributed by atoms with Gasteiger partial charge < -0.3 is 9.31 Å². The van der Waals surface area contributed by atoms with E-state index in [1.807, 2.05) is 18.2 Å². The van der Waals surface area contributed by atoms with Crippen LogP contribution in [0.5, 0.6) is 0 Å². The molecular weight excluding hydrogens is 365 g/mol. The highest BCUT2D eigenvalue weighted by atomic mass is 16.7. The zero-order valence-corrected chi connectivity index (χ0v) is 18.3. The first kappa shape index (κ1) is 21.8. The zero-order valence-electron chi connectivity index (χ0n) is 18.3. The van der Waals surface area contributed by atoms with Crippen LogP contribution in [0.15, 0.2) is 48.5 Å². The second-order valence-electron chi connectivity index (χ2n) is 8.83. The van der Waals surface area contributed by atoms with Gasteiger partial charge in [0, 0.05) is 18.9 Å². The number of benzene rings is 1. The highest BCUT2D eigenvalue weighted by molar-refractivity contribution is 6.53. The number of hydrogen-bond acceptors (Lipinski definition) is 4. The summed E-state index contributed by atoms with van der Waals surface area (Å²) in [5.74, 6) is 2.07. The van der Waals surface area contributed by atoms with Gasteiger partial charge in [0.25, 0.3) is 0 Å². The van der Waals surface area contributed by atoms with Gasteiger partial charge in [0.15, 0.2) is 0 Å². The molecule has 0 bridgehead atoms. The first-order chi connectivity index (χ1) is 13.6. The van der Waals surface area contributed by atoms with Crippen molar-refractivity contribution < 1.29 is 18.9 Å². The molecule has 3 rings (SSSR count). The fourth-order valence-corrected chi connectivity index (χ4v) is 3.84. The lowest BCUT2D eigenvalue weighted by molar-refractivity contribution is -0.173. The van der Waals surface area contributed by atoms with Gasteiger partial charge in [-0.25, -0.2) is 5.06 Å². The average molecular weight is 397 g/mol. The number of allylic oxidation sites excluding steroid dienone is 3. The van der Waals surface area contributed by atoms with Gasteiger partial charge in [0.05, 0.1) is 18.3 Å². The molecule has 0 N–H and O–H groups in total. The third-order valence-corrected chi connectivity index (χ3v) is 6.35. The summed E-state index contributed by atoms with van der Waals surface area (Å²) in [6.07, 6.45) is 5.74. The molecule has 0 radical (unpaired) electrons. The van der Waals surface area contributed by atoms with E-state index < -0.39 is 18.3 Å². The Bertz CT molecular complexity index is 771. The number of carbonyl (C=O) groups excluding carboxylic acids is 1. The predicted molar refractivity (Wildman–Crippen MR) is 116 cm³/mol. The summed E-state index contributed by atoms with van der Waals surface area (Å²) in [7, 11) is 2.75. The molecule has 1 aromatic rings. The van der Waals surface area contributed by atoms with Gasteiger partial charge in [-0.1, -0.05) is 42.5 Å². The maximum Gasteiger partial charge on any atom is 0.487 e. The molecule has 1 aliphatic carbocycles. The summed E-state index contributed by atoms with van der Waals surface area (Å²) in [4.78, 5) is 17.8. The summed E-state index contributed by atoms with van der Waals surface area (Å²) in [6.45, 7) is 8.22. The van der Waals surface area contributed by atoms with E-state index in [1.54, 1.807) is 7.05 Å². The van der Waals surface area contributed by atoms with Gasteiger partial charge in [-0.3, -0.25) is 9.63 Å². The Hall–Kier alpha value is -1.89. The number of hydroxylamine groups is 2. The number of amides is 1. The van der Waals surface area contributed by atoms with Crippen LogP contribution in [0.25, 0.3) is 5.57 Å². The van der Waals surface area contributed by atoms with Crippen molar-refractivity contribution in [3.63, 3.8) is 0 Å². The molecule has 156 valence electrons. The van der Waals surface area contributed by atoms with E-state index in [9.17, 15) is 4.79 Å². The van der Waals surface area contributed by atoms with E-state index in [1.165, 1.54) is 12.2 Å². The van der Waals surface area contributed by atoms with Crippen LogP contribution in [0.1, 0.15) is 46.1 Å². The zero-order chi connectivity index (χ0) is 21.2. The normalized spacial score (nSPS) is 25.9. The summed E-state index contributed by atoms with van der Waals surface area (Å²) < 4.78 is 12.4. The predicted octanol–water partition coefficient (Wildman–Crippen LogP) is 4.30. The molecule has 6 heteroatoms. The minimum absolute atomic E-state index is 0.00453. The van der Waals surface area contributed by atoms with Gasteiger partial charge >= 0.3 is 7.12 Å². The molecule has 2 aliphatic rings. The molecule has 0 unspecified atom stereocenters. The number of hydrogen-bond donors (Lipinski definition) is 0. The van der Waals surface area contributed by atoms with Crippen molar-refractivity contribution in [2.75, 3.05) is 14.2 Å². The second kappa shape index (κ2) is 8.46. The maximum atomic E-state index is 12.6. The maximum absolute atomic E-state index is 12.6. The minimum atomic E-state index is -0.429. The molecule has 2 atom stereocenters. The standard InChI is InChI=1S/C23H32BNO4/c1-22(2)23(3,4)29-24(28-22)16-20(17-11-8-7-9-12-17)18-13-10-14-19(15-18)21(26)25(5)27-6/h7-13,16,18-19H,14-15H2,1-6H3/b20-16-/t18-,19-/m1/s1. The molecule has 1 amide bonds. The van der Waals surface area contributed by atoms with Crippen molar-refractivity contribution in [3.05, 3.63) is 54.0 Å². The third kappa shape index (κ3) is 4.66. The number of carbonyl (C=O) groups is 1. The summed E-state index contributed by atoms with van der Waals surface area (Å²) in [5, 5.41) is 1.32. The van der Waals surface area contributed by atoms with Crippen molar-refractivity contribution >= 4 is 18.6 Å². The fourth-order valence-electron chi connectivity index (χ4n) is 3.84. The molecule has 5 nitrogen and oxygen atoms in total. The summed E-state index contributed by atoms with van der Waals surface area (Å²) in [6, 6.07) is 10.3. The van der Waals surface area contributed by atoms with Gasteiger partial charge in [-0.15, -0.1) is 0 Å². The van der Waals surface area contributed by atoms with Crippen molar-refractivity contribution in [2.24, 2.45) is 11.8 Å². The Balaban J connectivity index is 1.90. The van der Waals surface area contributed by atoms with Gasteiger partial charge in [0.2, 0.25) is 5.91 Å². The fraction of sp³-hybridized carbons (Fsp3) is 0.522. The van der Waals surface area contributed by atoms with Gasteiger partial charge in [0.1, 0.15) is 0 Å². The van der Waals surface area contributed by atoms with Crippen LogP contribution >= 0.6 is 0 Å². The largest absolute Gasteiger partial charge is 0.487 e. The van der Waals surface area contributed by atoms with Crippen molar-refractivity contribution in [1.29, 1.82) is 0 Å². The van der Waals surface area contributed by atoms with E-state index in [-0.39, 0.29) is 17.7 Å². The highest BCUT2D eigenvalue weighted by Gasteiger charge is 2.50. The van der Waals surface area contributed by atoms with E-state index in [0.717, 1.165) is 24.0 Å². The third-order valence-electron chi connectivity index (χ3n) is 6.35. The Kier molecular flexibility index (Phi) is 6.37. The Morgan fingerprint density at radius 1 is 1.17 bits per heavy atom. The van der Waals surface area contributed by atoms with Crippen LogP contribution in [0.2, 0.25) is 0 Å². The smallest absolute Gasteiger partial charge is 0.400 e. The first-order valence-corrected chi connectivity index (χ1v) is 10.3. The monoisotopic (exact) mass is 397 g/mol. The van der Waals surface area contributed by atoms with Crippen LogP contribution in [0.4, 0.5) is 0 Å². The molecule has 1 aromatic carbocycles. The summed E-state index contributed by atoms with van der Waals surface area (Å²) >= 11 is 0. The van der Waals surface area contributed by atoms with Crippen LogP contribution in [0, 0.1) is 11.8 Å². The van der Waals surface area contributed by atoms with E-state index in [4.69, 9.17) is 14.1 Å². The van der Waals surface area contributed by atoms with Crippen molar-refractivity contribution in [1.82, 2.24) is 5.06 Å². The molecule has 1 aliphatic heterocycles. The molecule has 29 heavy (non-hydrogen) atoms. The lowest BCUT2D eigenvalue weighted by Crippen LogP contribution is -2.41. The SMILES string of the molecule is CON(C)C(=O)[C@@H]1CC=C[C@@H](/C(=C\B2OC(C)(C)C(C)(C)O2)c2ccccc2)C1. The highest BCUT2D eigenvalue weighted by Crippen LogP contribution is 2.40. The minimum Gasteiger partial charge on any atom is -0.400 e. The lowest BCUT2D eigenvalue weighted by atomic mass is 9.75. The van der Waals surface area contributed by atoms with Crippen LogP contribution in [-0.2, 0) is 18.9 Å². The van der Waals surface area contributed by atoms with Crippen molar-refractivity contribution in [3.8, 4) is 0 Å².